The van der Waals surface area contributed by atoms with Crippen LogP contribution in [0.5, 0.6) is 5.88 Å². The van der Waals surface area contributed by atoms with Crippen molar-refractivity contribution < 1.29 is 9.13 Å². The summed E-state index contributed by atoms with van der Waals surface area (Å²) in [5.74, 6) is 0.0817. The van der Waals surface area contributed by atoms with Gasteiger partial charge in [-0.05, 0) is 32.0 Å². The summed E-state index contributed by atoms with van der Waals surface area (Å²) in [4.78, 5) is 8.29. The molecular formula is C13H13FN2O. The Morgan fingerprint density at radius 3 is 2.65 bits per heavy atom. The lowest BCUT2D eigenvalue weighted by molar-refractivity contribution is 0.287. The van der Waals surface area contributed by atoms with Crippen molar-refractivity contribution in [2.45, 2.75) is 20.5 Å². The summed E-state index contributed by atoms with van der Waals surface area (Å²) in [6.45, 7) is 3.86. The normalized spacial score (nSPS) is 10.3. The Hall–Kier alpha value is -1.97. The molecule has 0 saturated heterocycles. The average molecular weight is 232 g/mol. The molecule has 2 aromatic rings. The van der Waals surface area contributed by atoms with Crippen molar-refractivity contribution in [3.05, 3.63) is 53.2 Å². The zero-order chi connectivity index (χ0) is 12.3. The van der Waals surface area contributed by atoms with Crippen LogP contribution in [0.3, 0.4) is 0 Å². The maximum absolute atomic E-state index is 13.0. The smallest absolute Gasteiger partial charge is 0.214 e. The van der Waals surface area contributed by atoms with Crippen molar-refractivity contribution in [3.63, 3.8) is 0 Å². The number of aryl methyl sites for hydroxylation is 2. The van der Waals surface area contributed by atoms with Gasteiger partial charge in [-0.3, -0.25) is 4.98 Å². The molecule has 0 fully saturated rings. The van der Waals surface area contributed by atoms with Crippen molar-refractivity contribution in [1.82, 2.24) is 9.97 Å². The van der Waals surface area contributed by atoms with Crippen LogP contribution >= 0.6 is 0 Å². The van der Waals surface area contributed by atoms with Crippen LogP contribution < -0.4 is 4.74 Å². The Bertz CT molecular complexity index is 529. The Balaban J connectivity index is 2.05. The van der Waals surface area contributed by atoms with Gasteiger partial charge in [0, 0.05) is 11.8 Å². The van der Waals surface area contributed by atoms with Gasteiger partial charge in [-0.25, -0.2) is 9.37 Å². The SMILES string of the molecule is Cc1cccc(COc2ccc(F)c(C)n2)n1. The molecule has 0 N–H and O–H groups in total. The number of rotatable bonds is 3. The van der Waals surface area contributed by atoms with E-state index in [2.05, 4.69) is 9.97 Å². The van der Waals surface area contributed by atoms with Crippen LogP contribution in [0.1, 0.15) is 17.1 Å². The second-order valence-corrected chi connectivity index (χ2v) is 3.78. The molecular weight excluding hydrogens is 219 g/mol. The molecule has 0 bridgehead atoms. The van der Waals surface area contributed by atoms with E-state index < -0.39 is 0 Å². The van der Waals surface area contributed by atoms with E-state index in [1.165, 1.54) is 12.1 Å². The fraction of sp³-hybridized carbons (Fsp3) is 0.231. The molecule has 4 heteroatoms. The molecule has 88 valence electrons. The molecule has 0 unspecified atom stereocenters. The predicted molar refractivity (Wildman–Crippen MR) is 62.2 cm³/mol. The quantitative estimate of drug-likeness (QED) is 0.816. The van der Waals surface area contributed by atoms with Crippen LogP contribution in [0.2, 0.25) is 0 Å². The Morgan fingerprint density at radius 1 is 1.12 bits per heavy atom. The predicted octanol–water partition coefficient (Wildman–Crippen LogP) is 2.81. The highest BCUT2D eigenvalue weighted by atomic mass is 19.1. The molecule has 0 saturated carbocycles. The molecule has 0 aliphatic carbocycles. The highest BCUT2D eigenvalue weighted by Crippen LogP contribution is 2.12. The number of hydrogen-bond acceptors (Lipinski definition) is 3. The molecule has 2 aromatic heterocycles. The van der Waals surface area contributed by atoms with Crippen molar-refractivity contribution in [3.8, 4) is 5.88 Å². The van der Waals surface area contributed by atoms with Gasteiger partial charge in [0.25, 0.3) is 0 Å². The van der Waals surface area contributed by atoms with Gasteiger partial charge in [-0.2, -0.15) is 0 Å². The van der Waals surface area contributed by atoms with Crippen LogP contribution in [0.25, 0.3) is 0 Å². The number of halogens is 1. The largest absolute Gasteiger partial charge is 0.471 e. The molecule has 2 heterocycles. The molecule has 2 rings (SSSR count). The van der Waals surface area contributed by atoms with E-state index in [0.29, 0.717) is 18.2 Å². The molecule has 0 aliphatic rings. The first-order chi connectivity index (χ1) is 8.15. The summed E-state index contributed by atoms with van der Waals surface area (Å²) >= 11 is 0. The van der Waals surface area contributed by atoms with Gasteiger partial charge < -0.3 is 4.74 Å². The van der Waals surface area contributed by atoms with E-state index in [-0.39, 0.29) is 5.82 Å². The summed E-state index contributed by atoms with van der Waals surface area (Å²) in [5.41, 5.74) is 2.10. The standard InChI is InChI=1S/C13H13FN2O/c1-9-4-3-5-11(15-9)8-17-13-7-6-12(14)10(2)16-13/h3-7H,8H2,1-2H3. The van der Waals surface area contributed by atoms with Crippen LogP contribution in [-0.2, 0) is 6.61 Å². The van der Waals surface area contributed by atoms with E-state index in [1.54, 1.807) is 6.92 Å². The molecule has 3 nitrogen and oxygen atoms in total. The van der Waals surface area contributed by atoms with Crippen molar-refractivity contribution in [1.29, 1.82) is 0 Å². The van der Waals surface area contributed by atoms with Gasteiger partial charge >= 0.3 is 0 Å². The minimum Gasteiger partial charge on any atom is -0.471 e. The summed E-state index contributed by atoms with van der Waals surface area (Å²) in [6, 6.07) is 8.58. The van der Waals surface area contributed by atoms with Crippen molar-refractivity contribution in [2.24, 2.45) is 0 Å². The number of hydrogen-bond donors (Lipinski definition) is 0. The van der Waals surface area contributed by atoms with Crippen LogP contribution in [0.4, 0.5) is 4.39 Å². The third-order valence-electron chi connectivity index (χ3n) is 2.31. The summed E-state index contributed by atoms with van der Waals surface area (Å²) < 4.78 is 18.4. The number of aromatic nitrogens is 2. The van der Waals surface area contributed by atoms with Crippen LogP contribution in [-0.4, -0.2) is 9.97 Å². The first kappa shape index (κ1) is 11.5. The van der Waals surface area contributed by atoms with E-state index in [1.807, 2.05) is 25.1 Å². The summed E-state index contributed by atoms with van der Waals surface area (Å²) in [7, 11) is 0. The Labute approximate surface area is 99.3 Å². The molecule has 0 aromatic carbocycles. The van der Waals surface area contributed by atoms with Gasteiger partial charge in [-0.1, -0.05) is 6.07 Å². The fourth-order valence-corrected chi connectivity index (χ4v) is 1.43. The number of pyridine rings is 2. The molecule has 0 spiro atoms. The van der Waals surface area contributed by atoms with Gasteiger partial charge in [0.05, 0.1) is 11.4 Å². The summed E-state index contributed by atoms with van der Waals surface area (Å²) in [5, 5.41) is 0. The molecule has 0 radical (unpaired) electrons. The topological polar surface area (TPSA) is 35.0 Å². The highest BCUT2D eigenvalue weighted by molar-refractivity contribution is 5.17. The van der Waals surface area contributed by atoms with Gasteiger partial charge in [0.2, 0.25) is 5.88 Å². The van der Waals surface area contributed by atoms with Crippen LogP contribution in [0, 0.1) is 19.7 Å². The first-order valence-corrected chi connectivity index (χ1v) is 5.33. The molecule has 0 atom stereocenters. The van der Waals surface area contributed by atoms with E-state index >= 15 is 0 Å². The van der Waals surface area contributed by atoms with Crippen LogP contribution in [0.15, 0.2) is 30.3 Å². The van der Waals surface area contributed by atoms with Crippen molar-refractivity contribution in [2.75, 3.05) is 0 Å². The molecule has 0 amide bonds. The number of ether oxygens (including phenoxy) is 1. The summed E-state index contributed by atoms with van der Waals surface area (Å²) in [6.07, 6.45) is 0. The fourth-order valence-electron chi connectivity index (χ4n) is 1.43. The lowest BCUT2D eigenvalue weighted by Crippen LogP contribution is -2.01. The molecule has 17 heavy (non-hydrogen) atoms. The highest BCUT2D eigenvalue weighted by Gasteiger charge is 2.02. The monoisotopic (exact) mass is 232 g/mol. The Kier molecular flexibility index (Phi) is 3.32. The Morgan fingerprint density at radius 2 is 1.94 bits per heavy atom. The van der Waals surface area contributed by atoms with E-state index in [0.717, 1.165) is 11.4 Å². The minimum atomic E-state index is -0.328. The third-order valence-corrected chi connectivity index (χ3v) is 2.31. The van der Waals surface area contributed by atoms with Crippen molar-refractivity contribution >= 4 is 0 Å². The zero-order valence-electron chi connectivity index (χ0n) is 9.77. The lowest BCUT2D eigenvalue weighted by atomic mass is 10.3. The maximum atomic E-state index is 13.0. The maximum Gasteiger partial charge on any atom is 0.214 e. The second-order valence-electron chi connectivity index (χ2n) is 3.78. The zero-order valence-corrected chi connectivity index (χ0v) is 9.77. The molecule has 0 aliphatic heterocycles. The number of nitrogens with zero attached hydrogens (tertiary/aromatic N) is 2. The first-order valence-electron chi connectivity index (χ1n) is 5.33. The van der Waals surface area contributed by atoms with Gasteiger partial charge in [0.1, 0.15) is 12.4 Å². The van der Waals surface area contributed by atoms with Gasteiger partial charge in [-0.15, -0.1) is 0 Å². The minimum absolute atomic E-state index is 0.328. The third kappa shape index (κ3) is 3.00. The average Bonchev–Trinajstić information content (AvgIpc) is 2.31. The van der Waals surface area contributed by atoms with E-state index in [9.17, 15) is 4.39 Å². The van der Waals surface area contributed by atoms with Gasteiger partial charge in [0.15, 0.2) is 0 Å². The second kappa shape index (κ2) is 4.91. The lowest BCUT2D eigenvalue weighted by Gasteiger charge is -2.06. The van der Waals surface area contributed by atoms with E-state index in [4.69, 9.17) is 4.74 Å².